The molecule has 0 aromatic carbocycles. The van der Waals surface area contributed by atoms with Gasteiger partial charge in [-0.3, -0.25) is 4.79 Å². The number of rotatable bonds is 8. The average molecular weight is 424 g/mol. The fourth-order valence-corrected chi connectivity index (χ4v) is 5.67. The van der Waals surface area contributed by atoms with Crippen molar-refractivity contribution in [3.63, 3.8) is 0 Å². The lowest BCUT2D eigenvalue weighted by molar-refractivity contribution is -0.113. The number of carbonyl (C=O) groups excluding carboxylic acids is 1. The number of nitrogens with zero attached hydrogens (tertiary/aromatic N) is 3. The van der Waals surface area contributed by atoms with E-state index in [-0.39, 0.29) is 11.7 Å². The Morgan fingerprint density at radius 1 is 1.30 bits per heavy atom. The number of thiophene rings is 1. The third-order valence-corrected chi connectivity index (χ3v) is 7.32. The van der Waals surface area contributed by atoms with Crippen LogP contribution in [0.4, 0.5) is 10.1 Å². The molecule has 2 aromatic rings. The highest BCUT2D eigenvalue weighted by atomic mass is 32.2. The number of carbonyl (C=O) groups is 1. The fraction of sp³-hybridized carbons (Fsp3) is 0.529. The molecule has 1 aliphatic carbocycles. The molecule has 0 atom stereocenters. The van der Waals surface area contributed by atoms with Crippen LogP contribution in [0.5, 0.6) is 0 Å². The Balaban J connectivity index is 1.55. The molecule has 0 saturated carbocycles. The number of aryl methyl sites for hydroxylation is 1. The van der Waals surface area contributed by atoms with Gasteiger partial charge in [0, 0.05) is 18.5 Å². The molecule has 10 heteroatoms. The quantitative estimate of drug-likeness (QED) is 0.380. The molecule has 2 N–H and O–H groups in total. The number of hydrogen-bond acceptors (Lipinski definition) is 9. The number of thioether (sulfide) groups is 1. The van der Waals surface area contributed by atoms with Gasteiger partial charge in [0.25, 0.3) is 0 Å². The number of hydrogen-bond donors (Lipinski definition) is 2. The van der Waals surface area contributed by atoms with Crippen molar-refractivity contribution in [3.05, 3.63) is 16.0 Å². The lowest BCUT2D eigenvalue weighted by Crippen LogP contribution is -2.13. The first-order valence-corrected chi connectivity index (χ1v) is 11.4. The van der Waals surface area contributed by atoms with Gasteiger partial charge in [0.2, 0.25) is 11.0 Å². The summed E-state index contributed by atoms with van der Waals surface area (Å²) in [7, 11) is 1.64. The second kappa shape index (κ2) is 10.0. The number of amides is 1. The molecule has 0 aliphatic heterocycles. The van der Waals surface area contributed by atoms with E-state index in [1.54, 1.807) is 18.4 Å². The van der Waals surface area contributed by atoms with Crippen LogP contribution in [0.2, 0.25) is 0 Å². The van der Waals surface area contributed by atoms with Crippen molar-refractivity contribution < 1.29 is 9.53 Å². The SMILES string of the molecule is COCCNc1nnc(SCC(=O)Nc2sc3c(c2C#N)CCCCC3)s1. The molecule has 0 saturated heterocycles. The first kappa shape index (κ1) is 20.1. The average Bonchev–Trinajstić information content (AvgIpc) is 3.17. The van der Waals surface area contributed by atoms with Gasteiger partial charge in [-0.25, -0.2) is 0 Å². The minimum atomic E-state index is -0.128. The molecular weight excluding hydrogens is 402 g/mol. The van der Waals surface area contributed by atoms with Crippen LogP contribution in [0.25, 0.3) is 0 Å². The normalized spacial score (nSPS) is 13.5. The van der Waals surface area contributed by atoms with E-state index in [0.717, 1.165) is 35.6 Å². The van der Waals surface area contributed by atoms with Crippen LogP contribution in [-0.2, 0) is 22.4 Å². The molecule has 0 unspecified atom stereocenters. The number of fused-ring (bicyclic) bond motifs is 1. The number of ether oxygens (including phenoxy) is 1. The Kier molecular flexibility index (Phi) is 7.46. The summed E-state index contributed by atoms with van der Waals surface area (Å²) in [6.07, 6.45) is 5.40. The van der Waals surface area contributed by atoms with E-state index in [1.165, 1.54) is 34.4 Å². The zero-order valence-electron chi connectivity index (χ0n) is 15.0. The molecule has 2 heterocycles. The lowest BCUT2D eigenvalue weighted by atomic mass is 10.1. The Hall–Kier alpha value is -1.67. The van der Waals surface area contributed by atoms with Crippen LogP contribution in [0, 0.1) is 11.3 Å². The number of anilines is 2. The van der Waals surface area contributed by atoms with Crippen LogP contribution in [0.15, 0.2) is 4.34 Å². The Morgan fingerprint density at radius 3 is 2.96 bits per heavy atom. The van der Waals surface area contributed by atoms with Crippen molar-refractivity contribution in [2.45, 2.75) is 36.4 Å². The van der Waals surface area contributed by atoms with E-state index in [1.807, 2.05) is 0 Å². The summed E-state index contributed by atoms with van der Waals surface area (Å²) in [4.78, 5) is 13.6. The van der Waals surface area contributed by atoms with E-state index in [0.29, 0.717) is 28.8 Å². The van der Waals surface area contributed by atoms with Crippen LogP contribution in [-0.4, -0.2) is 42.1 Å². The van der Waals surface area contributed by atoms with Crippen LogP contribution < -0.4 is 10.6 Å². The van der Waals surface area contributed by atoms with E-state index < -0.39 is 0 Å². The monoisotopic (exact) mass is 423 g/mol. The molecule has 27 heavy (non-hydrogen) atoms. The lowest BCUT2D eigenvalue weighted by Gasteiger charge is -2.03. The van der Waals surface area contributed by atoms with Crippen molar-refractivity contribution in [2.24, 2.45) is 0 Å². The molecule has 3 rings (SSSR count). The number of aromatic nitrogens is 2. The zero-order chi connectivity index (χ0) is 19.1. The molecule has 144 valence electrons. The molecule has 0 bridgehead atoms. The van der Waals surface area contributed by atoms with Gasteiger partial charge in [0.05, 0.1) is 17.9 Å². The van der Waals surface area contributed by atoms with Crippen molar-refractivity contribution in [1.29, 1.82) is 5.26 Å². The summed E-state index contributed by atoms with van der Waals surface area (Å²) in [6, 6.07) is 2.29. The molecule has 1 aliphatic rings. The Bertz CT molecular complexity index is 827. The van der Waals surface area contributed by atoms with Crippen LogP contribution in [0.1, 0.15) is 35.3 Å². The minimum absolute atomic E-state index is 0.128. The van der Waals surface area contributed by atoms with Gasteiger partial charge in [-0.15, -0.1) is 21.5 Å². The maximum absolute atomic E-state index is 12.3. The zero-order valence-corrected chi connectivity index (χ0v) is 17.5. The Morgan fingerprint density at radius 2 is 2.15 bits per heavy atom. The van der Waals surface area contributed by atoms with E-state index in [9.17, 15) is 10.1 Å². The van der Waals surface area contributed by atoms with Crippen molar-refractivity contribution >= 4 is 50.5 Å². The third kappa shape index (κ3) is 5.42. The van der Waals surface area contributed by atoms with E-state index >= 15 is 0 Å². The van der Waals surface area contributed by atoms with Crippen LogP contribution in [0.3, 0.4) is 0 Å². The molecule has 0 fully saturated rings. The smallest absolute Gasteiger partial charge is 0.235 e. The van der Waals surface area contributed by atoms with Gasteiger partial charge in [0.15, 0.2) is 4.34 Å². The standard InChI is InChI=1S/C17H21N5O2S3/c1-24-8-7-19-16-21-22-17(27-16)25-10-14(23)20-15-12(9-18)11-5-3-2-4-6-13(11)26-15/h2-8,10H2,1H3,(H,19,21)(H,20,23). The third-order valence-electron chi connectivity index (χ3n) is 4.10. The van der Waals surface area contributed by atoms with Gasteiger partial charge >= 0.3 is 0 Å². The van der Waals surface area contributed by atoms with Gasteiger partial charge in [-0.05, 0) is 31.2 Å². The van der Waals surface area contributed by atoms with Crippen molar-refractivity contribution in [2.75, 3.05) is 36.6 Å². The molecule has 1 amide bonds. The summed E-state index contributed by atoms with van der Waals surface area (Å²) in [6.45, 7) is 1.26. The summed E-state index contributed by atoms with van der Waals surface area (Å²) in [5.41, 5.74) is 1.79. The first-order chi connectivity index (χ1) is 13.2. The molecule has 7 nitrogen and oxygen atoms in total. The van der Waals surface area contributed by atoms with Gasteiger partial charge in [-0.1, -0.05) is 29.5 Å². The predicted octanol–water partition coefficient (Wildman–Crippen LogP) is 3.53. The van der Waals surface area contributed by atoms with Crippen LogP contribution >= 0.6 is 34.4 Å². The summed E-state index contributed by atoms with van der Waals surface area (Å²) in [5, 5.41) is 25.1. The highest BCUT2D eigenvalue weighted by Gasteiger charge is 2.21. The highest BCUT2D eigenvalue weighted by Crippen LogP contribution is 2.37. The second-order valence-corrected chi connectivity index (χ2v) is 9.32. The molecule has 0 radical (unpaired) electrons. The second-order valence-electron chi connectivity index (χ2n) is 6.01. The summed E-state index contributed by atoms with van der Waals surface area (Å²) >= 11 is 4.31. The maximum atomic E-state index is 12.3. The largest absolute Gasteiger partial charge is 0.383 e. The van der Waals surface area contributed by atoms with Gasteiger partial charge in [-0.2, -0.15) is 5.26 Å². The summed E-state index contributed by atoms with van der Waals surface area (Å²) < 4.78 is 5.70. The highest BCUT2D eigenvalue weighted by molar-refractivity contribution is 8.01. The van der Waals surface area contributed by atoms with Gasteiger partial charge in [0.1, 0.15) is 11.1 Å². The fourth-order valence-electron chi connectivity index (χ4n) is 2.84. The van der Waals surface area contributed by atoms with Gasteiger partial charge < -0.3 is 15.4 Å². The maximum Gasteiger partial charge on any atom is 0.235 e. The van der Waals surface area contributed by atoms with E-state index in [4.69, 9.17) is 4.74 Å². The first-order valence-electron chi connectivity index (χ1n) is 8.75. The number of nitriles is 1. The molecular formula is C17H21N5O2S3. The molecule has 2 aromatic heterocycles. The Labute approximate surface area is 170 Å². The van der Waals surface area contributed by atoms with Crippen molar-refractivity contribution in [3.8, 4) is 6.07 Å². The van der Waals surface area contributed by atoms with Crippen molar-refractivity contribution in [1.82, 2.24) is 10.2 Å². The number of methoxy groups -OCH3 is 1. The summed E-state index contributed by atoms with van der Waals surface area (Å²) in [5.74, 6) is 0.108. The number of nitrogens with one attached hydrogen (secondary N) is 2. The topological polar surface area (TPSA) is 99.9 Å². The predicted molar refractivity (Wildman–Crippen MR) is 110 cm³/mol. The molecule has 0 spiro atoms. The van der Waals surface area contributed by atoms with E-state index in [2.05, 4.69) is 26.9 Å². The minimum Gasteiger partial charge on any atom is -0.383 e.